The van der Waals surface area contributed by atoms with Crippen LogP contribution in [0.1, 0.15) is 16.8 Å². The standard InChI is InChI=1S/C16H9ClF4N2O/c17-9-3-10(18)5-11(4-9)23-7-12(16(19,20)21)14-13(23)2-1-8-6-22-24-15(8)14/h3-7H,1-2H2. The molecule has 8 heteroatoms. The van der Waals surface area contributed by atoms with Crippen molar-refractivity contribution in [2.45, 2.75) is 19.0 Å². The highest BCUT2D eigenvalue weighted by Gasteiger charge is 2.40. The van der Waals surface area contributed by atoms with Gasteiger partial charge in [-0.25, -0.2) is 4.39 Å². The first kappa shape index (κ1) is 15.3. The van der Waals surface area contributed by atoms with Crippen molar-refractivity contribution in [1.82, 2.24) is 9.72 Å². The van der Waals surface area contributed by atoms with E-state index in [9.17, 15) is 17.6 Å². The Labute approximate surface area is 138 Å². The Morgan fingerprint density at radius 1 is 1.17 bits per heavy atom. The number of aryl methyl sites for hydroxylation is 1. The fourth-order valence-electron chi connectivity index (χ4n) is 3.07. The van der Waals surface area contributed by atoms with Gasteiger partial charge in [-0.1, -0.05) is 16.8 Å². The normalized spacial score (nSPS) is 13.7. The Kier molecular flexibility index (Phi) is 3.25. The second-order valence-electron chi connectivity index (χ2n) is 5.54. The fourth-order valence-corrected chi connectivity index (χ4v) is 3.28. The van der Waals surface area contributed by atoms with E-state index in [0.717, 1.165) is 18.3 Å². The van der Waals surface area contributed by atoms with E-state index >= 15 is 0 Å². The van der Waals surface area contributed by atoms with Gasteiger partial charge in [-0.15, -0.1) is 0 Å². The molecule has 0 saturated carbocycles. The van der Waals surface area contributed by atoms with Crippen molar-refractivity contribution in [3.63, 3.8) is 0 Å². The Hall–Kier alpha value is -2.28. The van der Waals surface area contributed by atoms with Crippen LogP contribution in [0.25, 0.3) is 17.0 Å². The molecule has 3 nitrogen and oxygen atoms in total. The van der Waals surface area contributed by atoms with E-state index < -0.39 is 17.6 Å². The summed E-state index contributed by atoms with van der Waals surface area (Å²) in [5.41, 5.74) is 0.378. The molecule has 0 bridgehead atoms. The van der Waals surface area contributed by atoms with Gasteiger partial charge in [0.15, 0.2) is 5.76 Å². The van der Waals surface area contributed by atoms with Gasteiger partial charge in [0.1, 0.15) is 5.82 Å². The van der Waals surface area contributed by atoms with Crippen molar-refractivity contribution in [2.75, 3.05) is 0 Å². The van der Waals surface area contributed by atoms with Crippen molar-refractivity contribution in [3.05, 3.63) is 58.3 Å². The quantitative estimate of drug-likeness (QED) is 0.572. The van der Waals surface area contributed by atoms with Crippen LogP contribution in [0.3, 0.4) is 0 Å². The van der Waals surface area contributed by atoms with Crippen LogP contribution in [0.5, 0.6) is 0 Å². The van der Waals surface area contributed by atoms with E-state index in [1.54, 1.807) is 0 Å². The summed E-state index contributed by atoms with van der Waals surface area (Å²) < 4.78 is 60.5. The van der Waals surface area contributed by atoms with Crippen molar-refractivity contribution in [2.24, 2.45) is 0 Å². The van der Waals surface area contributed by atoms with Gasteiger partial charge in [0, 0.05) is 28.2 Å². The Morgan fingerprint density at radius 2 is 1.96 bits per heavy atom. The minimum atomic E-state index is -4.58. The molecule has 1 aromatic carbocycles. The molecule has 2 aromatic heterocycles. The highest BCUT2D eigenvalue weighted by molar-refractivity contribution is 6.30. The molecule has 0 atom stereocenters. The van der Waals surface area contributed by atoms with Gasteiger partial charge in [0.05, 0.1) is 17.3 Å². The molecular weight excluding hydrogens is 348 g/mol. The third-order valence-electron chi connectivity index (χ3n) is 4.04. The lowest BCUT2D eigenvalue weighted by molar-refractivity contribution is -0.137. The van der Waals surface area contributed by atoms with Crippen molar-refractivity contribution in [1.29, 1.82) is 0 Å². The number of hydrogen-bond acceptors (Lipinski definition) is 2. The molecule has 0 aliphatic heterocycles. The summed E-state index contributed by atoms with van der Waals surface area (Å²) in [6, 6.07) is 3.66. The molecule has 4 rings (SSSR count). The summed E-state index contributed by atoms with van der Waals surface area (Å²) in [7, 11) is 0. The predicted molar refractivity (Wildman–Crippen MR) is 78.6 cm³/mol. The van der Waals surface area contributed by atoms with Gasteiger partial charge in [0.25, 0.3) is 0 Å². The van der Waals surface area contributed by atoms with Gasteiger partial charge < -0.3 is 9.09 Å². The van der Waals surface area contributed by atoms with Crippen LogP contribution >= 0.6 is 11.6 Å². The highest BCUT2D eigenvalue weighted by Crippen LogP contribution is 2.45. The molecule has 2 heterocycles. The van der Waals surface area contributed by atoms with Crippen LogP contribution in [0.4, 0.5) is 17.6 Å². The number of rotatable bonds is 1. The lowest BCUT2D eigenvalue weighted by Gasteiger charge is -2.15. The summed E-state index contributed by atoms with van der Waals surface area (Å²) in [6.07, 6.45) is -1.35. The predicted octanol–water partition coefficient (Wildman–Crippen LogP) is 5.04. The zero-order chi connectivity index (χ0) is 17.1. The van der Waals surface area contributed by atoms with E-state index in [-0.39, 0.29) is 22.0 Å². The number of nitrogens with zero attached hydrogens (tertiary/aromatic N) is 2. The zero-order valence-electron chi connectivity index (χ0n) is 12.0. The number of halogens is 5. The van der Waals surface area contributed by atoms with Crippen molar-refractivity contribution < 1.29 is 22.1 Å². The molecule has 0 saturated heterocycles. The Morgan fingerprint density at radius 3 is 2.67 bits per heavy atom. The molecule has 24 heavy (non-hydrogen) atoms. The monoisotopic (exact) mass is 356 g/mol. The average Bonchev–Trinajstić information content (AvgIpc) is 3.09. The summed E-state index contributed by atoms with van der Waals surface area (Å²) in [5.74, 6) is -0.505. The summed E-state index contributed by atoms with van der Waals surface area (Å²) in [4.78, 5) is 0. The van der Waals surface area contributed by atoms with Gasteiger partial charge in [-0.3, -0.25) is 0 Å². The van der Waals surface area contributed by atoms with Crippen LogP contribution in [-0.4, -0.2) is 9.72 Å². The van der Waals surface area contributed by atoms with Gasteiger partial charge in [-0.05, 0) is 31.0 Å². The molecule has 124 valence electrons. The lowest BCUT2D eigenvalue weighted by Crippen LogP contribution is -2.09. The maximum absolute atomic E-state index is 13.6. The molecule has 3 aromatic rings. The number of hydrogen-bond donors (Lipinski definition) is 0. The number of benzene rings is 1. The molecule has 0 spiro atoms. The van der Waals surface area contributed by atoms with E-state index in [0.29, 0.717) is 24.1 Å². The number of fused-ring (bicyclic) bond motifs is 3. The molecule has 0 N–H and O–H groups in total. The van der Waals surface area contributed by atoms with Crippen LogP contribution in [0, 0.1) is 5.82 Å². The van der Waals surface area contributed by atoms with Crippen LogP contribution in [0.2, 0.25) is 5.02 Å². The summed E-state index contributed by atoms with van der Waals surface area (Å²) in [5, 5.41) is 3.71. The second kappa shape index (κ2) is 5.11. The SMILES string of the molecule is Fc1cc(Cl)cc(-n2cc(C(F)(F)F)c3c2CCc2cnoc2-3)c1. The molecule has 1 aliphatic carbocycles. The van der Waals surface area contributed by atoms with E-state index in [1.807, 2.05) is 0 Å². The molecule has 0 amide bonds. The number of alkyl halides is 3. The zero-order valence-corrected chi connectivity index (χ0v) is 12.7. The van der Waals surface area contributed by atoms with E-state index in [4.69, 9.17) is 16.1 Å². The molecule has 0 fully saturated rings. The first-order valence-corrected chi connectivity index (χ1v) is 7.44. The summed E-state index contributed by atoms with van der Waals surface area (Å²) in [6.45, 7) is 0. The lowest BCUT2D eigenvalue weighted by atomic mass is 9.94. The van der Waals surface area contributed by atoms with Crippen molar-refractivity contribution in [3.8, 4) is 17.0 Å². The maximum Gasteiger partial charge on any atom is 0.418 e. The average molecular weight is 357 g/mol. The summed E-state index contributed by atoms with van der Waals surface area (Å²) >= 11 is 5.84. The van der Waals surface area contributed by atoms with Crippen molar-refractivity contribution >= 4 is 11.6 Å². The van der Waals surface area contributed by atoms with E-state index in [2.05, 4.69) is 5.16 Å². The third-order valence-corrected chi connectivity index (χ3v) is 4.26. The molecule has 0 radical (unpaired) electrons. The molecule has 0 unspecified atom stereocenters. The van der Waals surface area contributed by atoms with Gasteiger partial charge in [0.2, 0.25) is 0 Å². The smallest absolute Gasteiger partial charge is 0.356 e. The van der Waals surface area contributed by atoms with Gasteiger partial charge >= 0.3 is 6.18 Å². The van der Waals surface area contributed by atoms with Gasteiger partial charge in [-0.2, -0.15) is 13.2 Å². The molecular formula is C16H9ClF4N2O. The fraction of sp³-hybridized carbons (Fsp3) is 0.188. The van der Waals surface area contributed by atoms with Crippen LogP contribution < -0.4 is 0 Å². The Bertz CT molecular complexity index is 922. The largest absolute Gasteiger partial charge is 0.418 e. The number of aromatic nitrogens is 2. The minimum Gasteiger partial charge on any atom is -0.356 e. The topological polar surface area (TPSA) is 31.0 Å². The Balaban J connectivity index is 2.01. The first-order chi connectivity index (χ1) is 11.3. The molecule has 1 aliphatic rings. The highest BCUT2D eigenvalue weighted by atomic mass is 35.5. The van der Waals surface area contributed by atoms with Crippen LogP contribution in [-0.2, 0) is 19.0 Å². The maximum atomic E-state index is 13.6. The first-order valence-electron chi connectivity index (χ1n) is 7.06. The minimum absolute atomic E-state index is 0.0402. The second-order valence-corrected chi connectivity index (χ2v) is 5.98. The third kappa shape index (κ3) is 2.31. The van der Waals surface area contributed by atoms with Crippen LogP contribution in [0.15, 0.2) is 35.1 Å². The van der Waals surface area contributed by atoms with E-state index in [1.165, 1.54) is 16.8 Å².